The number of amides is 1. The highest BCUT2D eigenvalue weighted by molar-refractivity contribution is 7.89. The lowest BCUT2D eigenvalue weighted by Gasteiger charge is -2.24. The number of hydrogen-bond acceptors (Lipinski definition) is 4. The number of rotatable bonds is 4. The van der Waals surface area contributed by atoms with Gasteiger partial charge < -0.3 is 5.32 Å². The zero-order chi connectivity index (χ0) is 19.9. The Labute approximate surface area is 160 Å². The van der Waals surface area contributed by atoms with E-state index in [0.29, 0.717) is 11.1 Å². The average Bonchev–Trinajstić information content (AvgIpc) is 2.99. The summed E-state index contributed by atoms with van der Waals surface area (Å²) in [6, 6.07) is 3.11. The van der Waals surface area contributed by atoms with E-state index in [1.807, 2.05) is 24.9 Å². The van der Waals surface area contributed by atoms with E-state index >= 15 is 0 Å². The van der Waals surface area contributed by atoms with Crippen LogP contribution in [-0.2, 0) is 23.5 Å². The molecular weight excluding hydrogens is 364 g/mol. The topological polar surface area (TPSA) is 84.3 Å². The van der Waals surface area contributed by atoms with E-state index in [1.54, 1.807) is 13.0 Å². The Bertz CT molecular complexity index is 993. The van der Waals surface area contributed by atoms with Gasteiger partial charge in [-0.1, -0.05) is 0 Å². The molecule has 1 unspecified atom stereocenters. The first kappa shape index (κ1) is 19.6. The number of fused-ring (bicyclic) bond motifs is 1. The lowest BCUT2D eigenvalue weighted by atomic mass is 9.92. The van der Waals surface area contributed by atoms with Gasteiger partial charge in [0.2, 0.25) is 10.0 Å². The lowest BCUT2D eigenvalue weighted by molar-refractivity contribution is 0.0932. The van der Waals surface area contributed by atoms with Crippen molar-refractivity contribution in [2.45, 2.75) is 44.0 Å². The quantitative estimate of drug-likeness (QED) is 0.866. The molecule has 3 rings (SSSR count). The van der Waals surface area contributed by atoms with Crippen molar-refractivity contribution in [3.8, 4) is 0 Å². The molecule has 2 aromatic rings. The smallest absolute Gasteiger partial charge is 0.251 e. The van der Waals surface area contributed by atoms with Gasteiger partial charge in [-0.3, -0.25) is 9.48 Å². The van der Waals surface area contributed by atoms with Crippen molar-refractivity contribution in [1.29, 1.82) is 0 Å². The van der Waals surface area contributed by atoms with E-state index in [1.165, 1.54) is 24.5 Å². The summed E-state index contributed by atoms with van der Waals surface area (Å²) in [7, 11) is 1.26. The van der Waals surface area contributed by atoms with Crippen molar-refractivity contribution >= 4 is 15.9 Å². The molecule has 1 N–H and O–H groups in total. The van der Waals surface area contributed by atoms with Crippen LogP contribution in [0.15, 0.2) is 23.2 Å². The summed E-state index contributed by atoms with van der Waals surface area (Å²) in [6.45, 7) is 3.58. The summed E-state index contributed by atoms with van der Waals surface area (Å²) in [5.74, 6) is -0.269. The van der Waals surface area contributed by atoms with E-state index in [-0.39, 0.29) is 16.8 Å². The van der Waals surface area contributed by atoms with Crippen LogP contribution in [0, 0.1) is 13.8 Å². The van der Waals surface area contributed by atoms with Gasteiger partial charge in [0.05, 0.1) is 17.1 Å². The number of hydrogen-bond donors (Lipinski definition) is 1. The molecule has 1 amide bonds. The van der Waals surface area contributed by atoms with Gasteiger partial charge in [0, 0.05) is 38.0 Å². The number of benzene rings is 1. The molecule has 0 bridgehead atoms. The Morgan fingerprint density at radius 3 is 2.67 bits per heavy atom. The summed E-state index contributed by atoms with van der Waals surface area (Å²) < 4.78 is 28.3. The van der Waals surface area contributed by atoms with Crippen LogP contribution in [0.3, 0.4) is 0 Å². The first-order chi connectivity index (χ1) is 12.6. The Morgan fingerprint density at radius 1 is 1.30 bits per heavy atom. The molecule has 0 aliphatic heterocycles. The minimum atomic E-state index is -3.62. The molecule has 1 aromatic heterocycles. The van der Waals surface area contributed by atoms with Gasteiger partial charge >= 0.3 is 0 Å². The summed E-state index contributed by atoms with van der Waals surface area (Å²) in [5, 5.41) is 7.36. The first-order valence-electron chi connectivity index (χ1n) is 8.98. The highest BCUT2D eigenvalue weighted by Gasteiger charge is 2.27. The van der Waals surface area contributed by atoms with E-state index in [2.05, 4.69) is 10.4 Å². The van der Waals surface area contributed by atoms with Crippen molar-refractivity contribution in [3.63, 3.8) is 0 Å². The van der Waals surface area contributed by atoms with Gasteiger partial charge in [-0.25, -0.2) is 12.7 Å². The third-order valence-corrected chi connectivity index (χ3v) is 7.26. The fraction of sp³-hybridized carbons (Fsp3) is 0.474. The second-order valence-electron chi connectivity index (χ2n) is 7.29. The summed E-state index contributed by atoms with van der Waals surface area (Å²) >= 11 is 0. The maximum atomic E-state index is 12.9. The van der Waals surface area contributed by atoms with Crippen molar-refractivity contribution in [2.75, 3.05) is 14.1 Å². The largest absolute Gasteiger partial charge is 0.345 e. The van der Waals surface area contributed by atoms with Crippen LogP contribution in [0.2, 0.25) is 0 Å². The number of carbonyl (C=O) groups excluding carboxylic acids is 1. The second-order valence-corrected chi connectivity index (χ2v) is 9.41. The van der Waals surface area contributed by atoms with Crippen molar-refractivity contribution in [1.82, 2.24) is 19.4 Å². The van der Waals surface area contributed by atoms with Crippen LogP contribution in [0.25, 0.3) is 0 Å². The number of nitrogens with zero attached hydrogens (tertiary/aromatic N) is 3. The SMILES string of the molecule is Cc1cc(C(=O)NC2CCCc3c2cnn3C)cc(S(=O)(=O)N(C)C)c1C. The van der Waals surface area contributed by atoms with Crippen LogP contribution in [0.1, 0.15) is 51.6 Å². The predicted octanol–water partition coefficient (Wildman–Crippen LogP) is 2.09. The van der Waals surface area contributed by atoms with E-state index in [9.17, 15) is 13.2 Å². The normalized spacial score (nSPS) is 17.0. The standard InChI is InChI=1S/C19H26N4O3S/c1-12-9-14(10-18(13(12)2)27(25,26)22(3)4)19(24)21-16-7-6-8-17-15(16)11-20-23(17)5/h9-11,16H,6-8H2,1-5H3,(H,21,24). The van der Waals surface area contributed by atoms with Crippen LogP contribution in [-0.4, -0.2) is 42.5 Å². The van der Waals surface area contributed by atoms with Crippen molar-refractivity contribution in [3.05, 3.63) is 46.3 Å². The van der Waals surface area contributed by atoms with Crippen molar-refractivity contribution < 1.29 is 13.2 Å². The van der Waals surface area contributed by atoms with Crippen LogP contribution in [0.4, 0.5) is 0 Å². The Hall–Kier alpha value is -2.19. The van der Waals surface area contributed by atoms with Gasteiger partial charge in [0.25, 0.3) is 5.91 Å². The third kappa shape index (κ3) is 3.51. The maximum Gasteiger partial charge on any atom is 0.251 e. The minimum absolute atomic E-state index is 0.106. The van der Waals surface area contributed by atoms with Gasteiger partial charge in [-0.15, -0.1) is 0 Å². The van der Waals surface area contributed by atoms with E-state index in [0.717, 1.165) is 36.1 Å². The Kier molecular flexibility index (Phi) is 5.14. The van der Waals surface area contributed by atoms with Gasteiger partial charge in [-0.05, 0) is 56.4 Å². The molecule has 1 heterocycles. The average molecular weight is 391 g/mol. The minimum Gasteiger partial charge on any atom is -0.345 e. The van der Waals surface area contributed by atoms with E-state index in [4.69, 9.17) is 0 Å². The lowest BCUT2D eigenvalue weighted by Crippen LogP contribution is -2.31. The molecule has 8 heteroatoms. The van der Waals surface area contributed by atoms with E-state index < -0.39 is 10.0 Å². The van der Waals surface area contributed by atoms with Crippen molar-refractivity contribution in [2.24, 2.45) is 7.05 Å². The molecule has 0 saturated heterocycles. The molecule has 1 aliphatic carbocycles. The van der Waals surface area contributed by atoms with Crippen LogP contribution >= 0.6 is 0 Å². The Balaban J connectivity index is 1.94. The number of sulfonamides is 1. The molecule has 27 heavy (non-hydrogen) atoms. The highest BCUT2D eigenvalue weighted by atomic mass is 32.2. The number of carbonyl (C=O) groups is 1. The molecule has 1 aromatic carbocycles. The molecule has 146 valence electrons. The summed E-state index contributed by atoms with van der Waals surface area (Å²) in [5.41, 5.74) is 3.97. The van der Waals surface area contributed by atoms with Gasteiger partial charge in [0.1, 0.15) is 0 Å². The molecule has 1 atom stereocenters. The molecule has 0 spiro atoms. The van der Waals surface area contributed by atoms with Gasteiger partial charge in [0.15, 0.2) is 0 Å². The fourth-order valence-corrected chi connectivity index (χ4v) is 4.74. The second kappa shape index (κ2) is 7.09. The molecule has 0 fully saturated rings. The molecule has 0 saturated carbocycles. The molecule has 7 nitrogen and oxygen atoms in total. The number of aryl methyl sites for hydroxylation is 2. The molecular formula is C19H26N4O3S. The van der Waals surface area contributed by atoms with Crippen LogP contribution < -0.4 is 5.32 Å². The zero-order valence-corrected chi connectivity index (χ0v) is 17.2. The zero-order valence-electron chi connectivity index (χ0n) is 16.4. The summed E-state index contributed by atoms with van der Waals surface area (Å²) in [4.78, 5) is 13.1. The van der Waals surface area contributed by atoms with Crippen LogP contribution in [0.5, 0.6) is 0 Å². The number of aromatic nitrogens is 2. The maximum absolute atomic E-state index is 12.9. The highest BCUT2D eigenvalue weighted by Crippen LogP contribution is 2.30. The first-order valence-corrected chi connectivity index (χ1v) is 10.4. The molecule has 0 radical (unpaired) electrons. The third-order valence-electron chi connectivity index (χ3n) is 5.32. The summed E-state index contributed by atoms with van der Waals surface area (Å²) in [6.07, 6.45) is 4.58. The van der Waals surface area contributed by atoms with Gasteiger partial charge in [-0.2, -0.15) is 5.10 Å². The predicted molar refractivity (Wildman–Crippen MR) is 103 cm³/mol. The molecule has 1 aliphatic rings. The fourth-order valence-electron chi connectivity index (χ4n) is 3.52. The number of nitrogens with one attached hydrogen (secondary N) is 1. The Morgan fingerprint density at radius 2 is 2.00 bits per heavy atom. The monoisotopic (exact) mass is 390 g/mol.